The van der Waals surface area contributed by atoms with E-state index in [9.17, 15) is 9.59 Å². The predicted octanol–water partition coefficient (Wildman–Crippen LogP) is 1.99. The molecular formula is C10H10Br2N4O2. The number of nitrogens with zero attached hydrogens (tertiary/aromatic N) is 4. The summed E-state index contributed by atoms with van der Waals surface area (Å²) in [6, 6.07) is 0. The van der Waals surface area contributed by atoms with E-state index >= 15 is 0 Å². The maximum absolute atomic E-state index is 10.1. The normalized spacial score (nSPS) is 9.56. The average Bonchev–Trinajstić information content (AvgIpc) is 2.81. The molecule has 0 bridgehead atoms. The monoisotopic (exact) mass is 376 g/mol. The minimum atomic E-state index is 0.442. The molecule has 2 aromatic heterocycles. The van der Waals surface area contributed by atoms with E-state index in [1.807, 2.05) is 0 Å². The zero-order chi connectivity index (χ0) is 13.7. The van der Waals surface area contributed by atoms with Crippen LogP contribution in [0.25, 0.3) is 0 Å². The van der Waals surface area contributed by atoms with Gasteiger partial charge in [0, 0.05) is 26.5 Å². The zero-order valence-corrected chi connectivity index (χ0v) is 12.8. The lowest BCUT2D eigenvalue weighted by Gasteiger charge is -1.79. The Morgan fingerprint density at radius 2 is 1.28 bits per heavy atom. The largest absolute Gasteiger partial charge is 0.296 e. The number of halogens is 2. The molecule has 8 heteroatoms. The summed E-state index contributed by atoms with van der Waals surface area (Å²) in [5, 5.41) is 7.66. The number of carbonyl (C=O) groups is 2. The van der Waals surface area contributed by atoms with Crippen LogP contribution in [0.1, 0.15) is 21.0 Å². The first kappa shape index (κ1) is 14.8. The Balaban J connectivity index is 0.000000180. The molecule has 0 amide bonds. The van der Waals surface area contributed by atoms with Gasteiger partial charge in [0.15, 0.2) is 12.6 Å². The number of aldehydes is 2. The molecule has 0 aliphatic rings. The molecule has 2 aromatic rings. The van der Waals surface area contributed by atoms with Crippen LogP contribution in [0.5, 0.6) is 0 Å². The maximum Gasteiger partial charge on any atom is 0.171 e. The lowest BCUT2D eigenvalue weighted by molar-refractivity contribution is 0.111. The van der Waals surface area contributed by atoms with E-state index in [1.54, 1.807) is 35.9 Å². The van der Waals surface area contributed by atoms with E-state index in [0.29, 0.717) is 24.0 Å². The molecule has 0 aliphatic heterocycles. The molecule has 0 fully saturated rings. The van der Waals surface area contributed by atoms with Crippen molar-refractivity contribution < 1.29 is 9.59 Å². The van der Waals surface area contributed by atoms with Crippen LogP contribution < -0.4 is 0 Å². The van der Waals surface area contributed by atoms with Crippen molar-refractivity contribution in [2.45, 2.75) is 0 Å². The Morgan fingerprint density at radius 3 is 1.39 bits per heavy atom. The molecule has 0 saturated heterocycles. The van der Waals surface area contributed by atoms with Gasteiger partial charge in [-0.3, -0.25) is 19.0 Å². The Labute approximate surface area is 120 Å². The fourth-order valence-corrected chi connectivity index (χ4v) is 2.05. The molecule has 96 valence electrons. The standard InChI is InChI=1S/2C5H5BrN2O/c2*1-8-2-4(6)5(3-9)7-8/h2*2-3H,1H3. The van der Waals surface area contributed by atoms with Crippen LogP contribution in [0.3, 0.4) is 0 Å². The van der Waals surface area contributed by atoms with E-state index in [2.05, 4.69) is 42.1 Å². The predicted molar refractivity (Wildman–Crippen MR) is 72.6 cm³/mol. The first-order chi connectivity index (χ1) is 8.47. The quantitative estimate of drug-likeness (QED) is 0.750. The van der Waals surface area contributed by atoms with Gasteiger partial charge >= 0.3 is 0 Å². The molecular weight excluding hydrogens is 368 g/mol. The van der Waals surface area contributed by atoms with Crippen LogP contribution in [-0.2, 0) is 14.1 Å². The van der Waals surface area contributed by atoms with Gasteiger partial charge in [-0.05, 0) is 31.9 Å². The molecule has 6 nitrogen and oxygen atoms in total. The van der Waals surface area contributed by atoms with Crippen molar-refractivity contribution in [3.05, 3.63) is 32.7 Å². The van der Waals surface area contributed by atoms with Gasteiger partial charge in [-0.2, -0.15) is 10.2 Å². The third kappa shape index (κ3) is 3.88. The summed E-state index contributed by atoms with van der Waals surface area (Å²) in [6.07, 6.45) is 4.88. The van der Waals surface area contributed by atoms with E-state index < -0.39 is 0 Å². The number of aryl methyl sites for hydroxylation is 2. The highest BCUT2D eigenvalue weighted by Gasteiger charge is 2.01. The Kier molecular flexibility index (Phi) is 5.42. The highest BCUT2D eigenvalue weighted by molar-refractivity contribution is 9.10. The van der Waals surface area contributed by atoms with Gasteiger partial charge in [-0.1, -0.05) is 0 Å². The maximum atomic E-state index is 10.1. The topological polar surface area (TPSA) is 69.8 Å². The van der Waals surface area contributed by atoms with E-state index in [4.69, 9.17) is 0 Å². The van der Waals surface area contributed by atoms with Crippen LogP contribution in [-0.4, -0.2) is 32.1 Å². The van der Waals surface area contributed by atoms with Crippen molar-refractivity contribution in [1.29, 1.82) is 0 Å². The molecule has 2 heterocycles. The molecule has 0 aliphatic carbocycles. The molecule has 0 saturated carbocycles. The first-order valence-corrected chi connectivity index (χ1v) is 6.35. The third-order valence-electron chi connectivity index (χ3n) is 1.84. The van der Waals surface area contributed by atoms with Crippen molar-refractivity contribution >= 4 is 44.4 Å². The Hall–Kier alpha value is -1.28. The fraction of sp³-hybridized carbons (Fsp3) is 0.200. The second-order valence-corrected chi connectivity index (χ2v) is 5.02. The summed E-state index contributed by atoms with van der Waals surface area (Å²) in [6.45, 7) is 0. The summed E-state index contributed by atoms with van der Waals surface area (Å²) >= 11 is 6.33. The molecule has 0 unspecified atom stereocenters. The van der Waals surface area contributed by atoms with Gasteiger partial charge in [0.25, 0.3) is 0 Å². The second-order valence-electron chi connectivity index (χ2n) is 3.31. The van der Waals surface area contributed by atoms with Crippen LogP contribution in [0.4, 0.5) is 0 Å². The number of carbonyl (C=O) groups excluding carboxylic acids is 2. The average molecular weight is 378 g/mol. The highest BCUT2D eigenvalue weighted by atomic mass is 79.9. The molecule has 0 radical (unpaired) electrons. The third-order valence-corrected chi connectivity index (χ3v) is 3.07. The summed E-state index contributed by atoms with van der Waals surface area (Å²) in [5.74, 6) is 0. The van der Waals surface area contributed by atoms with Gasteiger partial charge in [0.1, 0.15) is 11.4 Å². The minimum Gasteiger partial charge on any atom is -0.296 e. The van der Waals surface area contributed by atoms with Crippen molar-refractivity contribution in [1.82, 2.24) is 19.6 Å². The molecule has 0 spiro atoms. The summed E-state index contributed by atoms with van der Waals surface area (Å²) in [5.41, 5.74) is 0.884. The Morgan fingerprint density at radius 1 is 0.944 bits per heavy atom. The highest BCUT2D eigenvalue weighted by Crippen LogP contribution is 2.11. The van der Waals surface area contributed by atoms with Crippen LogP contribution in [0.2, 0.25) is 0 Å². The van der Waals surface area contributed by atoms with Crippen molar-refractivity contribution in [2.75, 3.05) is 0 Å². The summed E-state index contributed by atoms with van der Waals surface area (Å²) < 4.78 is 4.63. The first-order valence-electron chi connectivity index (χ1n) is 4.76. The number of aromatic nitrogens is 4. The fourth-order valence-electron chi connectivity index (χ4n) is 1.11. The van der Waals surface area contributed by atoms with Gasteiger partial charge in [-0.15, -0.1) is 0 Å². The molecule has 0 aromatic carbocycles. The SMILES string of the molecule is Cn1cc(Br)c(C=O)n1.Cn1cc(Br)c(C=O)n1. The molecule has 18 heavy (non-hydrogen) atoms. The van der Waals surface area contributed by atoms with Crippen molar-refractivity contribution in [2.24, 2.45) is 14.1 Å². The number of rotatable bonds is 2. The van der Waals surface area contributed by atoms with E-state index in [1.165, 1.54) is 0 Å². The summed E-state index contributed by atoms with van der Waals surface area (Å²) in [7, 11) is 3.52. The van der Waals surface area contributed by atoms with Crippen molar-refractivity contribution in [3.8, 4) is 0 Å². The van der Waals surface area contributed by atoms with Gasteiger partial charge < -0.3 is 0 Å². The smallest absolute Gasteiger partial charge is 0.171 e. The zero-order valence-electron chi connectivity index (χ0n) is 9.67. The van der Waals surface area contributed by atoms with Gasteiger partial charge in [-0.25, -0.2) is 0 Å². The van der Waals surface area contributed by atoms with Crippen LogP contribution in [0.15, 0.2) is 21.3 Å². The summed E-state index contributed by atoms with van der Waals surface area (Å²) in [4.78, 5) is 20.3. The number of hydrogen-bond donors (Lipinski definition) is 0. The molecule has 0 N–H and O–H groups in total. The molecule has 2 rings (SSSR count). The lowest BCUT2D eigenvalue weighted by Crippen LogP contribution is -1.88. The van der Waals surface area contributed by atoms with Crippen LogP contribution >= 0.6 is 31.9 Å². The van der Waals surface area contributed by atoms with Crippen molar-refractivity contribution in [3.63, 3.8) is 0 Å². The van der Waals surface area contributed by atoms with Gasteiger partial charge in [0.2, 0.25) is 0 Å². The van der Waals surface area contributed by atoms with Gasteiger partial charge in [0.05, 0.1) is 8.95 Å². The second kappa shape index (κ2) is 6.60. The number of hydrogen-bond acceptors (Lipinski definition) is 4. The Bertz CT molecular complexity index is 512. The minimum absolute atomic E-state index is 0.442. The van der Waals surface area contributed by atoms with Crippen LogP contribution in [0, 0.1) is 0 Å². The van der Waals surface area contributed by atoms with E-state index in [-0.39, 0.29) is 0 Å². The molecule has 0 atom stereocenters. The lowest BCUT2D eigenvalue weighted by atomic mass is 10.5. The van der Waals surface area contributed by atoms with E-state index in [0.717, 1.165) is 8.95 Å².